The number of hydrogen-bond acceptors (Lipinski definition) is 5. The minimum absolute atomic E-state index is 0.0447. The Hall–Kier alpha value is -1.87. The zero-order chi connectivity index (χ0) is 29.4. The van der Waals surface area contributed by atoms with E-state index in [0.29, 0.717) is 33.5 Å². The van der Waals surface area contributed by atoms with Crippen molar-refractivity contribution in [2.45, 2.75) is 91.1 Å². The molecule has 0 spiro atoms. The molecule has 1 radical (unpaired) electrons. The summed E-state index contributed by atoms with van der Waals surface area (Å²) in [7, 11) is -0.971. The number of rotatable bonds is 6. The van der Waals surface area contributed by atoms with E-state index in [4.69, 9.17) is 41.8 Å². The number of H-pyrrole nitrogens is 1. The molecule has 0 saturated carbocycles. The van der Waals surface area contributed by atoms with E-state index < -0.39 is 20.2 Å². The summed E-state index contributed by atoms with van der Waals surface area (Å²) in [4.78, 5) is 17.2. The maximum absolute atomic E-state index is 13.7. The third-order valence-electron chi connectivity index (χ3n) is 7.75. The predicted octanol–water partition coefficient (Wildman–Crippen LogP) is 7.93. The molecule has 1 saturated heterocycles. The number of ether oxygens (including phenoxy) is 3. The van der Waals surface area contributed by atoms with Gasteiger partial charge in [-0.05, 0) is 68.3 Å². The van der Waals surface area contributed by atoms with E-state index in [1.165, 1.54) is 0 Å². The summed E-state index contributed by atoms with van der Waals surface area (Å²) < 4.78 is 25.5. The monoisotopic (exact) mass is 602 g/mol. The molecule has 40 heavy (non-hydrogen) atoms. The average Bonchev–Trinajstić information content (AvgIpc) is 3.36. The first-order valence-electron chi connectivity index (χ1n) is 13.7. The minimum atomic E-state index is -0.971. The molecule has 0 bridgehead atoms. The summed E-state index contributed by atoms with van der Waals surface area (Å²) in [6.07, 6.45) is -0.742. The van der Waals surface area contributed by atoms with Crippen LogP contribution in [0.2, 0.25) is 23.1 Å². The number of ketones is 1. The number of benzene rings is 2. The van der Waals surface area contributed by atoms with Crippen LogP contribution in [0.5, 0.6) is 5.75 Å². The first kappa shape index (κ1) is 29.6. The molecule has 1 fully saturated rings. The predicted molar refractivity (Wildman–Crippen MR) is 161 cm³/mol. The molecule has 2 aromatic carbocycles. The van der Waals surface area contributed by atoms with Crippen molar-refractivity contribution < 1.29 is 23.4 Å². The SMILES string of the molecule is C[Si](C)O[C@@H]([C@@H]1OC(C)(C)OC1COc1ccc2c(c1)C(C)(C)c1[nH]c3cc(Cl)c(Cl)cc3c1C2=O)C(C)(C)C. The highest BCUT2D eigenvalue weighted by atomic mass is 35.5. The number of hydrogen-bond donors (Lipinski definition) is 1. The van der Waals surface area contributed by atoms with Crippen LogP contribution in [0, 0.1) is 5.41 Å². The fourth-order valence-electron chi connectivity index (χ4n) is 5.91. The maximum Gasteiger partial charge on any atom is 0.205 e. The normalized spacial score (nSPS) is 22.4. The highest BCUT2D eigenvalue weighted by molar-refractivity contribution is 6.48. The Morgan fingerprint density at radius 2 is 1.73 bits per heavy atom. The van der Waals surface area contributed by atoms with E-state index in [9.17, 15) is 4.79 Å². The highest BCUT2D eigenvalue weighted by Crippen LogP contribution is 2.46. The van der Waals surface area contributed by atoms with Crippen LogP contribution in [0.25, 0.3) is 10.9 Å². The fraction of sp³-hybridized carbons (Fsp3) is 0.516. The lowest BCUT2D eigenvalue weighted by molar-refractivity contribution is -0.160. The number of carbonyl (C=O) groups is 1. The van der Waals surface area contributed by atoms with E-state index in [0.717, 1.165) is 22.2 Å². The molecule has 6 nitrogen and oxygen atoms in total. The quantitative estimate of drug-likeness (QED) is 0.290. The third-order valence-corrected chi connectivity index (χ3v) is 9.20. The van der Waals surface area contributed by atoms with Crippen molar-refractivity contribution >= 4 is 48.9 Å². The highest BCUT2D eigenvalue weighted by Gasteiger charge is 2.49. The van der Waals surface area contributed by atoms with Gasteiger partial charge >= 0.3 is 0 Å². The molecule has 5 rings (SSSR count). The number of aromatic amines is 1. The summed E-state index contributed by atoms with van der Waals surface area (Å²) in [5.41, 5.74) is 3.19. The van der Waals surface area contributed by atoms with E-state index in [-0.39, 0.29) is 29.5 Å². The van der Waals surface area contributed by atoms with Crippen LogP contribution < -0.4 is 4.74 Å². The van der Waals surface area contributed by atoms with Gasteiger partial charge in [-0.25, -0.2) is 0 Å². The van der Waals surface area contributed by atoms with Gasteiger partial charge in [0.25, 0.3) is 0 Å². The van der Waals surface area contributed by atoms with Crippen LogP contribution in [0.3, 0.4) is 0 Å². The average molecular weight is 604 g/mol. The molecule has 2 heterocycles. The van der Waals surface area contributed by atoms with Gasteiger partial charge in [-0.15, -0.1) is 0 Å². The second-order valence-corrected chi connectivity index (χ2v) is 16.0. The Labute approximate surface area is 248 Å². The first-order valence-corrected chi connectivity index (χ1v) is 16.8. The molecular weight excluding hydrogens is 565 g/mol. The van der Waals surface area contributed by atoms with Gasteiger partial charge in [-0.2, -0.15) is 0 Å². The van der Waals surface area contributed by atoms with Crippen molar-refractivity contribution in [3.8, 4) is 5.75 Å². The van der Waals surface area contributed by atoms with Crippen LogP contribution in [0.4, 0.5) is 0 Å². The van der Waals surface area contributed by atoms with E-state index in [1.54, 1.807) is 12.1 Å². The standard InChI is InChI=1S/C31H38Cl2NO5Si/c1-29(2,3)28(39-40(8)9)26-23(37-31(6,7)38-26)15-36-16-10-11-17-19(12-16)30(4,5)27-24(25(17)35)18-13-20(32)21(33)14-22(18)34-27/h10-14,23,26,28,34H,15H2,1-9H3/t23?,26-,28+/m1/s1. The van der Waals surface area contributed by atoms with Gasteiger partial charge in [0.1, 0.15) is 24.6 Å². The Kier molecular flexibility index (Phi) is 7.51. The lowest BCUT2D eigenvalue weighted by atomic mass is 9.71. The van der Waals surface area contributed by atoms with Crippen molar-refractivity contribution in [3.63, 3.8) is 0 Å². The molecule has 0 amide bonds. The molecular formula is C31H38Cl2NO5Si. The lowest BCUT2D eigenvalue weighted by Gasteiger charge is -2.37. The summed E-state index contributed by atoms with van der Waals surface area (Å²) in [5, 5.41) is 1.64. The van der Waals surface area contributed by atoms with Crippen molar-refractivity contribution in [2.75, 3.05) is 6.61 Å². The third kappa shape index (κ3) is 5.25. The number of fused-ring (bicyclic) bond motifs is 4. The van der Waals surface area contributed by atoms with Crippen molar-refractivity contribution in [2.24, 2.45) is 5.41 Å². The van der Waals surface area contributed by atoms with Gasteiger partial charge in [-0.1, -0.05) is 57.8 Å². The molecule has 1 N–H and O–H groups in total. The summed E-state index contributed by atoms with van der Waals surface area (Å²) in [6, 6.07) is 9.21. The molecule has 3 atom stereocenters. The number of carbonyl (C=O) groups excluding carboxylic acids is 1. The Balaban J connectivity index is 1.44. The minimum Gasteiger partial charge on any atom is -0.491 e. The van der Waals surface area contributed by atoms with Crippen LogP contribution in [-0.4, -0.2) is 50.5 Å². The van der Waals surface area contributed by atoms with Gasteiger partial charge in [-0.3, -0.25) is 4.79 Å². The number of halogens is 2. The van der Waals surface area contributed by atoms with Crippen LogP contribution in [0.1, 0.15) is 75.6 Å². The number of aromatic nitrogens is 1. The largest absolute Gasteiger partial charge is 0.491 e. The summed E-state index contributed by atoms with van der Waals surface area (Å²) in [6.45, 7) is 19.1. The van der Waals surface area contributed by atoms with E-state index >= 15 is 0 Å². The van der Waals surface area contributed by atoms with E-state index in [1.807, 2.05) is 32.0 Å². The molecule has 1 aromatic heterocycles. The topological polar surface area (TPSA) is 69.8 Å². The fourth-order valence-corrected chi connectivity index (χ4v) is 7.23. The van der Waals surface area contributed by atoms with E-state index in [2.05, 4.69) is 52.7 Å². The molecule has 9 heteroatoms. The maximum atomic E-state index is 13.7. The first-order chi connectivity index (χ1) is 18.5. The van der Waals surface area contributed by atoms with Gasteiger partial charge in [0, 0.05) is 27.6 Å². The Morgan fingerprint density at radius 3 is 2.38 bits per heavy atom. The second-order valence-electron chi connectivity index (χ2n) is 13.1. The zero-order valence-corrected chi connectivity index (χ0v) is 27.1. The molecule has 1 aliphatic heterocycles. The molecule has 2 aliphatic rings. The molecule has 1 unspecified atom stereocenters. The van der Waals surface area contributed by atoms with Crippen LogP contribution >= 0.6 is 23.2 Å². The van der Waals surface area contributed by atoms with Gasteiger partial charge in [0.15, 0.2) is 11.6 Å². The lowest BCUT2D eigenvalue weighted by Crippen LogP contribution is -2.48. The van der Waals surface area contributed by atoms with Crippen LogP contribution in [0.15, 0.2) is 30.3 Å². The molecule has 215 valence electrons. The Bertz CT molecular complexity index is 1470. The zero-order valence-electron chi connectivity index (χ0n) is 24.6. The molecule has 1 aliphatic carbocycles. The van der Waals surface area contributed by atoms with Gasteiger partial charge < -0.3 is 23.6 Å². The van der Waals surface area contributed by atoms with Crippen molar-refractivity contribution in [1.82, 2.24) is 4.98 Å². The van der Waals surface area contributed by atoms with Crippen molar-refractivity contribution in [3.05, 3.63) is 62.8 Å². The Morgan fingerprint density at radius 1 is 1.05 bits per heavy atom. The van der Waals surface area contributed by atoms with Gasteiger partial charge in [0.05, 0.1) is 21.7 Å². The molecule has 3 aromatic rings. The summed E-state index contributed by atoms with van der Waals surface area (Å²) in [5.74, 6) is -0.125. The van der Waals surface area contributed by atoms with Gasteiger partial charge in [0.2, 0.25) is 9.04 Å². The smallest absolute Gasteiger partial charge is 0.205 e. The number of nitrogens with one attached hydrogen (secondary N) is 1. The second kappa shape index (κ2) is 10.1. The van der Waals surface area contributed by atoms with Crippen LogP contribution in [-0.2, 0) is 19.3 Å². The summed E-state index contributed by atoms with van der Waals surface area (Å²) >= 11 is 12.6. The van der Waals surface area contributed by atoms with Crippen molar-refractivity contribution in [1.29, 1.82) is 0 Å².